The van der Waals surface area contributed by atoms with Crippen molar-refractivity contribution in [2.75, 3.05) is 6.54 Å². The van der Waals surface area contributed by atoms with Gasteiger partial charge >= 0.3 is 5.97 Å². The Balaban J connectivity index is 2.03. The fourth-order valence-corrected chi connectivity index (χ4v) is 2.68. The zero-order valence-corrected chi connectivity index (χ0v) is 10.8. The lowest BCUT2D eigenvalue weighted by molar-refractivity contribution is -0.146. The van der Waals surface area contributed by atoms with E-state index in [0.29, 0.717) is 13.0 Å². The van der Waals surface area contributed by atoms with E-state index < -0.39 is 12.0 Å². The average Bonchev–Trinajstić information content (AvgIpc) is 2.94. The Hall–Kier alpha value is -1.69. The molecule has 0 aliphatic carbocycles. The van der Waals surface area contributed by atoms with Crippen molar-refractivity contribution in [1.29, 1.82) is 0 Å². The second-order valence-corrected chi connectivity index (χ2v) is 5.41. The van der Waals surface area contributed by atoms with Gasteiger partial charge in [0, 0.05) is 23.7 Å². The first kappa shape index (κ1) is 12.8. The van der Waals surface area contributed by atoms with Gasteiger partial charge in [0.2, 0.25) is 5.91 Å². The van der Waals surface area contributed by atoms with Gasteiger partial charge in [0.1, 0.15) is 6.04 Å². The maximum absolute atomic E-state index is 11.9. The molecule has 2 rings (SSSR count). The number of carbonyl (C=O) groups excluding carboxylic acids is 1. The molecule has 0 radical (unpaired) electrons. The van der Waals surface area contributed by atoms with Crippen LogP contribution in [0.1, 0.15) is 22.7 Å². The van der Waals surface area contributed by atoms with Crippen LogP contribution in [0.15, 0.2) is 12.3 Å². The number of nitrogens with zero attached hydrogens (tertiary/aromatic N) is 2. The first-order valence-corrected chi connectivity index (χ1v) is 6.53. The lowest BCUT2D eigenvalue weighted by atomic mass is 10.2. The van der Waals surface area contributed by atoms with Crippen LogP contribution in [0.5, 0.6) is 0 Å². The van der Waals surface area contributed by atoms with Gasteiger partial charge in [-0.25, -0.2) is 9.78 Å². The monoisotopic (exact) mass is 266 g/mol. The molecule has 96 valence electrons. The Kier molecular flexibility index (Phi) is 3.76. The minimum Gasteiger partial charge on any atom is -0.480 e. The Morgan fingerprint density at radius 1 is 1.61 bits per heavy atom. The molecule has 1 aromatic heterocycles. The van der Waals surface area contributed by atoms with Crippen LogP contribution in [0.25, 0.3) is 6.08 Å². The molecule has 1 N–H and O–H groups in total. The van der Waals surface area contributed by atoms with Gasteiger partial charge in [-0.15, -0.1) is 11.3 Å². The molecule has 1 atom stereocenters. The number of aromatic nitrogens is 1. The smallest absolute Gasteiger partial charge is 0.326 e. The zero-order chi connectivity index (χ0) is 13.1. The summed E-state index contributed by atoms with van der Waals surface area (Å²) in [5.41, 5.74) is 0. The maximum Gasteiger partial charge on any atom is 0.326 e. The third kappa shape index (κ3) is 2.76. The van der Waals surface area contributed by atoms with Crippen molar-refractivity contribution in [3.63, 3.8) is 0 Å². The number of amides is 1. The van der Waals surface area contributed by atoms with Crippen molar-refractivity contribution in [3.05, 3.63) is 22.2 Å². The fraction of sp³-hybridized carbons (Fsp3) is 0.417. The number of aliphatic carboxylic acids is 1. The summed E-state index contributed by atoms with van der Waals surface area (Å²) in [5.74, 6) is -1.17. The summed E-state index contributed by atoms with van der Waals surface area (Å²) in [4.78, 5) is 29.3. The molecule has 1 amide bonds. The highest BCUT2D eigenvalue weighted by molar-refractivity contribution is 7.12. The van der Waals surface area contributed by atoms with Crippen LogP contribution in [0.4, 0.5) is 0 Å². The van der Waals surface area contributed by atoms with Gasteiger partial charge in [0.15, 0.2) is 0 Å². The lowest BCUT2D eigenvalue weighted by Gasteiger charge is -2.19. The van der Waals surface area contributed by atoms with Gasteiger partial charge < -0.3 is 10.0 Å². The molecule has 0 aromatic carbocycles. The minimum atomic E-state index is -0.928. The van der Waals surface area contributed by atoms with Gasteiger partial charge in [-0.2, -0.15) is 0 Å². The van der Waals surface area contributed by atoms with Crippen LogP contribution in [-0.4, -0.2) is 39.5 Å². The summed E-state index contributed by atoms with van der Waals surface area (Å²) in [6, 6.07) is -0.676. The Labute approximate surface area is 109 Å². The molecule has 18 heavy (non-hydrogen) atoms. The van der Waals surface area contributed by atoms with E-state index in [2.05, 4.69) is 4.98 Å². The molecule has 1 fully saturated rings. The molecule has 0 saturated carbocycles. The number of hydrogen-bond donors (Lipinski definition) is 1. The highest BCUT2D eigenvalue weighted by Gasteiger charge is 2.32. The predicted molar refractivity (Wildman–Crippen MR) is 68.3 cm³/mol. The molecule has 1 aliphatic heterocycles. The van der Waals surface area contributed by atoms with Crippen LogP contribution < -0.4 is 0 Å². The third-order valence-corrected chi connectivity index (χ3v) is 3.73. The van der Waals surface area contributed by atoms with E-state index >= 15 is 0 Å². The molecule has 0 unspecified atom stereocenters. The van der Waals surface area contributed by atoms with E-state index in [-0.39, 0.29) is 5.91 Å². The van der Waals surface area contributed by atoms with Gasteiger partial charge in [0.25, 0.3) is 0 Å². The van der Waals surface area contributed by atoms with Gasteiger partial charge in [0.05, 0.1) is 5.01 Å². The largest absolute Gasteiger partial charge is 0.480 e. The normalized spacial score (nSPS) is 19.6. The number of aryl methyl sites for hydroxylation is 1. The van der Waals surface area contributed by atoms with Crippen molar-refractivity contribution < 1.29 is 14.7 Å². The second-order valence-electron chi connectivity index (χ2n) is 4.14. The highest BCUT2D eigenvalue weighted by atomic mass is 32.1. The number of carbonyl (C=O) groups is 2. The Morgan fingerprint density at radius 2 is 2.39 bits per heavy atom. The summed E-state index contributed by atoms with van der Waals surface area (Å²) < 4.78 is 0. The van der Waals surface area contributed by atoms with Crippen molar-refractivity contribution in [3.8, 4) is 0 Å². The van der Waals surface area contributed by atoms with E-state index in [4.69, 9.17) is 5.11 Å². The van der Waals surface area contributed by atoms with E-state index in [9.17, 15) is 9.59 Å². The average molecular weight is 266 g/mol. The van der Waals surface area contributed by atoms with Crippen LogP contribution >= 0.6 is 11.3 Å². The standard InChI is InChI=1S/C12H14N2O3S/c1-8-13-7-9(18-8)4-5-11(15)14-6-2-3-10(14)12(16)17/h4-5,7,10H,2-3,6H2,1H3,(H,16,17)/b5-4+/t10-/m1/s1. The summed E-state index contributed by atoms with van der Waals surface area (Å²) in [7, 11) is 0. The molecule has 5 nitrogen and oxygen atoms in total. The van der Waals surface area contributed by atoms with Crippen LogP contribution in [0, 0.1) is 6.92 Å². The quantitative estimate of drug-likeness (QED) is 0.842. The van der Waals surface area contributed by atoms with Crippen LogP contribution in [0.3, 0.4) is 0 Å². The summed E-state index contributed by atoms with van der Waals surface area (Å²) >= 11 is 1.49. The second kappa shape index (κ2) is 5.30. The van der Waals surface area contributed by atoms with Crippen LogP contribution in [-0.2, 0) is 9.59 Å². The highest BCUT2D eigenvalue weighted by Crippen LogP contribution is 2.19. The fourth-order valence-electron chi connectivity index (χ4n) is 1.99. The first-order chi connectivity index (χ1) is 8.58. The van der Waals surface area contributed by atoms with Crippen molar-refractivity contribution >= 4 is 29.3 Å². The first-order valence-electron chi connectivity index (χ1n) is 5.72. The molecule has 1 saturated heterocycles. The Bertz CT molecular complexity index is 495. The van der Waals surface area contributed by atoms with Crippen molar-refractivity contribution in [1.82, 2.24) is 9.88 Å². The summed E-state index contributed by atoms with van der Waals surface area (Å²) in [6.45, 7) is 2.41. The van der Waals surface area contributed by atoms with Crippen molar-refractivity contribution in [2.24, 2.45) is 0 Å². The van der Waals surface area contributed by atoms with E-state index in [0.717, 1.165) is 16.3 Å². The third-order valence-electron chi connectivity index (χ3n) is 2.85. The molecule has 1 aromatic rings. The SMILES string of the molecule is Cc1ncc(/C=C/C(=O)N2CCC[C@@H]2C(=O)O)s1. The number of carboxylic acid groups (broad SMARTS) is 1. The summed E-state index contributed by atoms with van der Waals surface area (Å²) in [6.07, 6.45) is 6.09. The minimum absolute atomic E-state index is 0.244. The number of rotatable bonds is 3. The van der Waals surface area contributed by atoms with E-state index in [1.807, 2.05) is 6.92 Å². The molecule has 2 heterocycles. The maximum atomic E-state index is 11.9. The topological polar surface area (TPSA) is 70.5 Å². The summed E-state index contributed by atoms with van der Waals surface area (Å²) in [5, 5.41) is 9.93. The van der Waals surface area contributed by atoms with E-state index in [1.54, 1.807) is 12.3 Å². The number of likely N-dealkylation sites (tertiary alicyclic amines) is 1. The number of thiazole rings is 1. The molecular weight excluding hydrogens is 252 g/mol. The lowest BCUT2D eigenvalue weighted by Crippen LogP contribution is -2.39. The van der Waals surface area contributed by atoms with Gasteiger partial charge in [-0.3, -0.25) is 4.79 Å². The van der Waals surface area contributed by atoms with Crippen molar-refractivity contribution in [2.45, 2.75) is 25.8 Å². The zero-order valence-electron chi connectivity index (χ0n) is 10.00. The molecule has 1 aliphatic rings. The molecule has 6 heteroatoms. The van der Waals surface area contributed by atoms with Gasteiger partial charge in [-0.1, -0.05) is 0 Å². The van der Waals surface area contributed by atoms with E-state index in [1.165, 1.54) is 22.3 Å². The van der Waals surface area contributed by atoms with Gasteiger partial charge in [-0.05, 0) is 25.8 Å². The molecule has 0 spiro atoms. The predicted octanol–water partition coefficient (Wildman–Crippen LogP) is 1.54. The Morgan fingerprint density at radius 3 is 3.00 bits per heavy atom. The molecule has 0 bridgehead atoms. The number of hydrogen-bond acceptors (Lipinski definition) is 4. The number of carboxylic acids is 1. The molecular formula is C12H14N2O3S. The van der Waals surface area contributed by atoms with Crippen LogP contribution in [0.2, 0.25) is 0 Å².